The topological polar surface area (TPSA) is 21.3 Å². The average molecular weight is 332 g/mol. The fraction of sp³-hybridized carbons (Fsp3) is 0.700. The molecule has 3 atom stereocenters. The summed E-state index contributed by atoms with van der Waals surface area (Å²) in [4.78, 5) is 1.39. The molecule has 1 aliphatic carbocycles. The first-order chi connectivity index (χ1) is 11.4. The number of rotatable bonds is 3. The van der Waals surface area contributed by atoms with Crippen molar-refractivity contribution in [1.82, 2.24) is 0 Å². The Morgan fingerprint density at radius 2 is 2.00 bits per heavy atom. The summed E-state index contributed by atoms with van der Waals surface area (Å²) in [6, 6.07) is 7.59. The van der Waals surface area contributed by atoms with Gasteiger partial charge >= 0.3 is 0 Å². The van der Waals surface area contributed by atoms with Crippen LogP contribution in [-0.2, 0) is 4.74 Å². The van der Waals surface area contributed by atoms with E-state index >= 15 is 0 Å². The predicted octanol–water partition coefficient (Wildman–Crippen LogP) is 5.64. The van der Waals surface area contributed by atoms with Crippen LogP contribution in [0, 0.1) is 11.8 Å². The van der Waals surface area contributed by atoms with Gasteiger partial charge in [-0.1, -0.05) is 26.2 Å². The molecule has 1 saturated heterocycles. The molecule has 2 nitrogen and oxygen atoms in total. The summed E-state index contributed by atoms with van der Waals surface area (Å²) in [5.74, 6) is 2.64. The predicted molar refractivity (Wildman–Crippen MR) is 98.2 cm³/mol. The van der Waals surface area contributed by atoms with E-state index in [9.17, 15) is 0 Å². The lowest BCUT2D eigenvalue weighted by Gasteiger charge is -2.47. The number of benzene rings is 1. The highest BCUT2D eigenvalue weighted by atomic mass is 32.2. The molecule has 1 N–H and O–H groups in total. The largest absolute Gasteiger partial charge is 0.381 e. The first-order valence-electron chi connectivity index (χ1n) is 9.51. The minimum Gasteiger partial charge on any atom is -0.381 e. The van der Waals surface area contributed by atoms with Crippen LogP contribution < -0.4 is 5.32 Å². The number of hydrogen-bond donors (Lipinski definition) is 1. The summed E-state index contributed by atoms with van der Waals surface area (Å²) >= 11 is 1.93. The molecule has 2 fully saturated rings. The highest BCUT2D eigenvalue weighted by Gasteiger charge is 2.42. The Hall–Kier alpha value is -0.670. The van der Waals surface area contributed by atoms with Gasteiger partial charge in [-0.25, -0.2) is 0 Å². The van der Waals surface area contributed by atoms with E-state index in [1.54, 1.807) is 0 Å². The van der Waals surface area contributed by atoms with Crippen LogP contribution in [0.1, 0.15) is 63.5 Å². The van der Waals surface area contributed by atoms with Crippen LogP contribution in [0.2, 0.25) is 0 Å². The maximum Gasteiger partial charge on any atom is 0.0892 e. The van der Waals surface area contributed by atoms with Gasteiger partial charge in [-0.15, -0.1) is 11.8 Å². The van der Waals surface area contributed by atoms with Crippen molar-refractivity contribution in [2.75, 3.05) is 17.7 Å². The fourth-order valence-electron chi connectivity index (χ4n) is 4.90. The minimum absolute atomic E-state index is 0.323. The number of thioether (sulfide) groups is 1. The van der Waals surface area contributed by atoms with Crippen molar-refractivity contribution >= 4 is 17.4 Å². The summed E-state index contributed by atoms with van der Waals surface area (Å²) in [6.07, 6.45) is 9.94. The normalized spacial score (nSPS) is 31.1. The molecule has 2 heterocycles. The van der Waals surface area contributed by atoms with Gasteiger partial charge in [0, 0.05) is 34.7 Å². The zero-order chi connectivity index (χ0) is 15.6. The minimum atomic E-state index is 0.323. The maximum absolute atomic E-state index is 6.31. The number of ether oxygens (including phenoxy) is 1. The van der Waals surface area contributed by atoms with Crippen LogP contribution in [0.5, 0.6) is 0 Å². The van der Waals surface area contributed by atoms with Gasteiger partial charge in [0.2, 0.25) is 0 Å². The zero-order valence-electron chi connectivity index (χ0n) is 14.2. The van der Waals surface area contributed by atoms with Crippen molar-refractivity contribution in [3.8, 4) is 0 Å². The fourth-order valence-corrected chi connectivity index (χ4v) is 5.61. The Morgan fingerprint density at radius 3 is 2.83 bits per heavy atom. The van der Waals surface area contributed by atoms with Crippen molar-refractivity contribution in [1.29, 1.82) is 0 Å². The van der Waals surface area contributed by atoms with Crippen LogP contribution in [0.4, 0.5) is 5.69 Å². The van der Waals surface area contributed by atoms with Crippen LogP contribution in [-0.4, -0.2) is 18.4 Å². The molecule has 1 aromatic carbocycles. The number of fused-ring (bicyclic) bond motifs is 3. The van der Waals surface area contributed by atoms with Gasteiger partial charge in [0.25, 0.3) is 0 Å². The molecule has 3 unspecified atom stereocenters. The molecule has 3 heteroatoms. The molecule has 1 aromatic rings. The van der Waals surface area contributed by atoms with E-state index < -0.39 is 0 Å². The van der Waals surface area contributed by atoms with Crippen LogP contribution in [0.15, 0.2) is 23.1 Å². The smallest absolute Gasteiger partial charge is 0.0892 e. The number of hydrogen-bond acceptors (Lipinski definition) is 3. The van der Waals surface area contributed by atoms with Crippen molar-refractivity contribution in [3.63, 3.8) is 0 Å². The molecule has 0 spiro atoms. The molecule has 0 amide bonds. The van der Waals surface area contributed by atoms with Gasteiger partial charge in [0.1, 0.15) is 0 Å². The van der Waals surface area contributed by atoms with E-state index in [4.69, 9.17) is 4.74 Å². The second-order valence-electron chi connectivity index (χ2n) is 7.35. The number of nitrogens with one attached hydrogen (secondary N) is 1. The zero-order valence-corrected chi connectivity index (χ0v) is 15.0. The molecule has 2 aliphatic heterocycles. The van der Waals surface area contributed by atoms with Gasteiger partial charge in [0.15, 0.2) is 0 Å². The highest BCUT2D eigenvalue weighted by molar-refractivity contribution is 7.99. The van der Waals surface area contributed by atoms with Crippen LogP contribution in [0.3, 0.4) is 0 Å². The molecule has 1 saturated carbocycles. The Balaban J connectivity index is 1.65. The van der Waals surface area contributed by atoms with Gasteiger partial charge in [-0.05, 0) is 55.6 Å². The quantitative estimate of drug-likeness (QED) is 0.724. The second-order valence-corrected chi connectivity index (χ2v) is 8.69. The molecule has 0 radical (unpaired) electrons. The van der Waals surface area contributed by atoms with Crippen molar-refractivity contribution in [2.24, 2.45) is 11.8 Å². The average Bonchev–Trinajstić information content (AvgIpc) is 2.62. The third-order valence-corrected chi connectivity index (χ3v) is 6.83. The van der Waals surface area contributed by atoms with E-state index in [0.29, 0.717) is 18.1 Å². The van der Waals surface area contributed by atoms with Gasteiger partial charge in [0.05, 0.1) is 6.10 Å². The second kappa shape index (κ2) is 7.06. The van der Waals surface area contributed by atoms with Crippen LogP contribution >= 0.6 is 11.8 Å². The molecule has 0 bridgehead atoms. The van der Waals surface area contributed by atoms with E-state index in [2.05, 4.69) is 30.4 Å². The molecule has 0 aromatic heterocycles. The summed E-state index contributed by atoms with van der Waals surface area (Å²) in [6.45, 7) is 3.16. The van der Waals surface area contributed by atoms with Crippen molar-refractivity contribution in [2.45, 2.75) is 68.9 Å². The van der Waals surface area contributed by atoms with E-state index in [1.165, 1.54) is 61.1 Å². The summed E-state index contributed by atoms with van der Waals surface area (Å²) in [7, 11) is 0. The number of anilines is 1. The van der Waals surface area contributed by atoms with E-state index in [0.717, 1.165) is 18.3 Å². The third-order valence-electron chi connectivity index (χ3n) is 5.95. The molecule has 126 valence electrons. The van der Waals surface area contributed by atoms with E-state index in [1.807, 2.05) is 11.8 Å². The van der Waals surface area contributed by atoms with Gasteiger partial charge in [-0.2, -0.15) is 0 Å². The first kappa shape index (κ1) is 15.8. The summed E-state index contributed by atoms with van der Waals surface area (Å²) in [5, 5.41) is 3.95. The lowest BCUT2D eigenvalue weighted by Crippen LogP contribution is -2.46. The lowest BCUT2D eigenvalue weighted by molar-refractivity contribution is -0.0459. The Bertz CT molecular complexity index is 540. The van der Waals surface area contributed by atoms with Crippen molar-refractivity contribution < 1.29 is 4.74 Å². The Kier molecular flexibility index (Phi) is 4.86. The lowest BCUT2D eigenvalue weighted by atomic mass is 9.71. The molecule has 4 rings (SSSR count). The Labute approximate surface area is 144 Å². The van der Waals surface area contributed by atoms with E-state index in [-0.39, 0.29) is 0 Å². The standard InChI is InChI=1S/C20H29NOS/c1-2-23-15-10-11-18-17(13-15)20-16(9-6-12-22-20)19(21-18)14-7-4-3-5-8-14/h10-11,13-14,16,19-21H,2-9,12H2,1H3. The molecule has 23 heavy (non-hydrogen) atoms. The SMILES string of the molecule is CCSc1ccc2c(c1)C1OCCCC1C(C1CCCCC1)N2. The van der Waals surface area contributed by atoms with Gasteiger partial charge in [-0.3, -0.25) is 0 Å². The summed E-state index contributed by atoms with van der Waals surface area (Å²) in [5.41, 5.74) is 2.75. The summed E-state index contributed by atoms with van der Waals surface area (Å²) < 4.78 is 6.31. The monoisotopic (exact) mass is 331 g/mol. The maximum atomic E-state index is 6.31. The van der Waals surface area contributed by atoms with Crippen molar-refractivity contribution in [3.05, 3.63) is 23.8 Å². The third kappa shape index (κ3) is 3.15. The highest BCUT2D eigenvalue weighted by Crippen LogP contribution is 2.48. The van der Waals surface area contributed by atoms with Gasteiger partial charge < -0.3 is 10.1 Å². The molecular formula is C20H29NOS. The molecule has 3 aliphatic rings. The first-order valence-corrected chi connectivity index (χ1v) is 10.5. The molecular weight excluding hydrogens is 302 g/mol. The van der Waals surface area contributed by atoms with Crippen LogP contribution in [0.25, 0.3) is 0 Å². The Morgan fingerprint density at radius 1 is 1.13 bits per heavy atom.